The molecular weight excluding hydrogens is 248 g/mol. The van der Waals surface area contributed by atoms with Crippen molar-refractivity contribution < 1.29 is 9.59 Å². The topological polar surface area (TPSA) is 58.2 Å². The van der Waals surface area contributed by atoms with Crippen LogP contribution in [0.3, 0.4) is 0 Å². The number of hydrogen-bond acceptors (Lipinski definition) is 3. The molecule has 0 bridgehead atoms. The number of benzene rings is 1. The lowest BCUT2D eigenvalue weighted by Gasteiger charge is -2.08. The van der Waals surface area contributed by atoms with Crippen LogP contribution in [0.15, 0.2) is 23.1 Å². The van der Waals surface area contributed by atoms with Gasteiger partial charge in [0.2, 0.25) is 5.91 Å². The molecule has 0 fully saturated rings. The molecule has 2 N–H and O–H groups in total. The van der Waals surface area contributed by atoms with Crippen molar-refractivity contribution in [1.29, 1.82) is 0 Å². The second-order valence-electron chi connectivity index (χ2n) is 4.03. The number of rotatable bonds is 5. The number of carbonyl (C=O) groups excluding carboxylic acids is 2. The molecule has 0 radical (unpaired) electrons. The first-order valence-corrected chi connectivity index (χ1v) is 6.33. The average molecular weight is 266 g/mol. The summed E-state index contributed by atoms with van der Waals surface area (Å²) in [4.78, 5) is 23.9. The lowest BCUT2D eigenvalue weighted by molar-refractivity contribution is -0.120. The van der Waals surface area contributed by atoms with Gasteiger partial charge >= 0.3 is 0 Å². The van der Waals surface area contributed by atoms with Crippen LogP contribution in [0.1, 0.15) is 29.3 Å². The van der Waals surface area contributed by atoms with E-state index < -0.39 is 0 Å². The summed E-state index contributed by atoms with van der Waals surface area (Å²) < 4.78 is 0. The van der Waals surface area contributed by atoms with E-state index in [1.165, 1.54) is 0 Å². The Balaban J connectivity index is 2.55. The maximum atomic E-state index is 11.9. The number of nitrogens with one attached hydrogen (secondary N) is 2. The van der Waals surface area contributed by atoms with Gasteiger partial charge in [-0.15, -0.1) is 12.6 Å². The van der Waals surface area contributed by atoms with E-state index in [-0.39, 0.29) is 18.4 Å². The van der Waals surface area contributed by atoms with Crippen molar-refractivity contribution in [3.63, 3.8) is 0 Å². The molecule has 18 heavy (non-hydrogen) atoms. The average Bonchev–Trinajstić information content (AvgIpc) is 2.36. The van der Waals surface area contributed by atoms with Gasteiger partial charge in [0.05, 0.1) is 6.54 Å². The van der Waals surface area contributed by atoms with Gasteiger partial charge in [0.25, 0.3) is 5.91 Å². The molecule has 0 aromatic heterocycles. The van der Waals surface area contributed by atoms with Crippen molar-refractivity contribution in [3.05, 3.63) is 29.3 Å². The highest BCUT2D eigenvalue weighted by atomic mass is 32.1. The van der Waals surface area contributed by atoms with Crippen LogP contribution in [0.25, 0.3) is 0 Å². The molecule has 0 unspecified atom stereocenters. The Labute approximate surface area is 113 Å². The first-order chi connectivity index (χ1) is 8.54. The SMILES string of the molecule is CCCNC(=O)CNC(=O)c1cc(S)ccc1C. The van der Waals surface area contributed by atoms with Gasteiger partial charge in [-0.1, -0.05) is 13.0 Å². The Kier molecular flexibility index (Phi) is 5.71. The molecule has 98 valence electrons. The summed E-state index contributed by atoms with van der Waals surface area (Å²) in [6.07, 6.45) is 0.875. The summed E-state index contributed by atoms with van der Waals surface area (Å²) in [6, 6.07) is 5.34. The van der Waals surface area contributed by atoms with Crippen LogP contribution in [-0.4, -0.2) is 24.9 Å². The molecular formula is C13H18N2O2S. The first-order valence-electron chi connectivity index (χ1n) is 5.89. The highest BCUT2D eigenvalue weighted by molar-refractivity contribution is 7.80. The molecule has 1 aromatic rings. The monoisotopic (exact) mass is 266 g/mol. The van der Waals surface area contributed by atoms with E-state index in [1.54, 1.807) is 6.07 Å². The zero-order valence-electron chi connectivity index (χ0n) is 10.6. The first kappa shape index (κ1) is 14.6. The van der Waals surface area contributed by atoms with Gasteiger partial charge in [-0.05, 0) is 31.0 Å². The maximum absolute atomic E-state index is 11.9. The van der Waals surface area contributed by atoms with Crippen LogP contribution < -0.4 is 10.6 Å². The van der Waals surface area contributed by atoms with Crippen molar-refractivity contribution in [2.75, 3.05) is 13.1 Å². The fraction of sp³-hybridized carbons (Fsp3) is 0.385. The summed E-state index contributed by atoms with van der Waals surface area (Å²) in [5, 5.41) is 5.29. The minimum atomic E-state index is -0.255. The summed E-state index contributed by atoms with van der Waals surface area (Å²) >= 11 is 4.19. The molecule has 0 heterocycles. The molecule has 5 heteroatoms. The highest BCUT2D eigenvalue weighted by Gasteiger charge is 2.10. The molecule has 0 spiro atoms. The minimum absolute atomic E-state index is 0.00489. The summed E-state index contributed by atoms with van der Waals surface area (Å²) in [6.45, 7) is 4.44. The van der Waals surface area contributed by atoms with Crippen molar-refractivity contribution in [2.45, 2.75) is 25.2 Å². The number of aryl methyl sites for hydroxylation is 1. The van der Waals surface area contributed by atoms with Crippen LogP contribution in [0.5, 0.6) is 0 Å². The lowest BCUT2D eigenvalue weighted by Crippen LogP contribution is -2.37. The molecule has 0 atom stereocenters. The molecule has 1 aromatic carbocycles. The summed E-state index contributed by atoms with van der Waals surface area (Å²) in [7, 11) is 0. The van der Waals surface area contributed by atoms with Crippen molar-refractivity contribution in [2.24, 2.45) is 0 Å². The van der Waals surface area contributed by atoms with Crippen molar-refractivity contribution in [3.8, 4) is 0 Å². The smallest absolute Gasteiger partial charge is 0.252 e. The number of carbonyl (C=O) groups is 2. The third kappa shape index (κ3) is 4.41. The Bertz CT molecular complexity index is 447. The second-order valence-corrected chi connectivity index (χ2v) is 4.55. The zero-order chi connectivity index (χ0) is 13.5. The zero-order valence-corrected chi connectivity index (χ0v) is 11.5. The van der Waals surface area contributed by atoms with E-state index >= 15 is 0 Å². The number of amides is 2. The number of thiol groups is 1. The van der Waals surface area contributed by atoms with Crippen LogP contribution in [0.4, 0.5) is 0 Å². The Morgan fingerprint density at radius 2 is 2.00 bits per heavy atom. The quantitative estimate of drug-likeness (QED) is 0.708. The van der Waals surface area contributed by atoms with Crippen LogP contribution in [0, 0.1) is 6.92 Å². The molecule has 0 aliphatic heterocycles. The second kappa shape index (κ2) is 7.06. The molecule has 1 rings (SSSR count). The van der Waals surface area contributed by atoms with Gasteiger partial charge in [0.15, 0.2) is 0 Å². The van der Waals surface area contributed by atoms with Crippen molar-refractivity contribution >= 4 is 24.4 Å². The normalized spacial score (nSPS) is 9.94. The Morgan fingerprint density at radius 1 is 1.28 bits per heavy atom. The van der Waals surface area contributed by atoms with Gasteiger partial charge < -0.3 is 10.6 Å². The Hall–Kier alpha value is -1.49. The van der Waals surface area contributed by atoms with Crippen molar-refractivity contribution in [1.82, 2.24) is 10.6 Å². The third-order valence-corrected chi connectivity index (χ3v) is 2.73. The highest BCUT2D eigenvalue weighted by Crippen LogP contribution is 2.13. The predicted molar refractivity (Wildman–Crippen MR) is 74.1 cm³/mol. The molecule has 2 amide bonds. The van der Waals surface area contributed by atoms with Gasteiger partial charge in [-0.25, -0.2) is 0 Å². The van der Waals surface area contributed by atoms with E-state index in [4.69, 9.17) is 0 Å². The predicted octanol–water partition coefficient (Wildman–Crippen LogP) is 1.54. The molecule has 0 saturated heterocycles. The summed E-state index contributed by atoms with van der Waals surface area (Å²) in [5.41, 5.74) is 1.41. The largest absolute Gasteiger partial charge is 0.355 e. The Morgan fingerprint density at radius 3 is 2.67 bits per heavy atom. The van der Waals surface area contributed by atoms with Gasteiger partial charge in [0, 0.05) is 17.0 Å². The fourth-order valence-electron chi connectivity index (χ4n) is 1.44. The number of hydrogen-bond donors (Lipinski definition) is 3. The van der Waals surface area contributed by atoms with Crippen LogP contribution in [-0.2, 0) is 4.79 Å². The van der Waals surface area contributed by atoms with E-state index in [0.29, 0.717) is 12.1 Å². The summed E-state index contributed by atoms with van der Waals surface area (Å²) in [5.74, 6) is -0.431. The van der Waals surface area contributed by atoms with E-state index in [0.717, 1.165) is 16.9 Å². The third-order valence-electron chi connectivity index (χ3n) is 2.45. The molecule has 0 aliphatic carbocycles. The van der Waals surface area contributed by atoms with Gasteiger partial charge in [-0.3, -0.25) is 9.59 Å². The van der Waals surface area contributed by atoms with Gasteiger partial charge in [0.1, 0.15) is 0 Å². The maximum Gasteiger partial charge on any atom is 0.252 e. The van der Waals surface area contributed by atoms with Gasteiger partial charge in [-0.2, -0.15) is 0 Å². The fourth-order valence-corrected chi connectivity index (χ4v) is 1.64. The molecule has 0 aliphatic rings. The van der Waals surface area contributed by atoms with Crippen LogP contribution >= 0.6 is 12.6 Å². The molecule has 0 saturated carbocycles. The molecule has 4 nitrogen and oxygen atoms in total. The van der Waals surface area contributed by atoms with Crippen LogP contribution in [0.2, 0.25) is 0 Å². The van der Waals surface area contributed by atoms with E-state index in [2.05, 4.69) is 23.3 Å². The van der Waals surface area contributed by atoms with E-state index in [9.17, 15) is 9.59 Å². The van der Waals surface area contributed by atoms with E-state index in [1.807, 2.05) is 26.0 Å². The minimum Gasteiger partial charge on any atom is -0.355 e. The lowest BCUT2D eigenvalue weighted by atomic mass is 10.1. The standard InChI is InChI=1S/C13H18N2O2S/c1-3-6-14-12(16)8-15-13(17)11-7-10(18)5-4-9(11)2/h4-5,7,18H,3,6,8H2,1-2H3,(H,14,16)(H,15,17).